The van der Waals surface area contributed by atoms with Crippen LogP contribution in [0.25, 0.3) is 5.76 Å². The Morgan fingerprint density at radius 1 is 1.07 bits per heavy atom. The van der Waals surface area contributed by atoms with Gasteiger partial charge in [-0.2, -0.15) is 0 Å². The molecule has 1 amide bonds. The van der Waals surface area contributed by atoms with Gasteiger partial charge >= 0.3 is 0 Å². The molecule has 0 spiro atoms. The number of amides is 1. The van der Waals surface area contributed by atoms with Crippen molar-refractivity contribution in [1.82, 2.24) is 4.90 Å². The van der Waals surface area contributed by atoms with Gasteiger partial charge in [0.1, 0.15) is 29.1 Å². The van der Waals surface area contributed by atoms with E-state index in [2.05, 4.69) is 0 Å². The minimum atomic E-state index is -0.830. The lowest BCUT2D eigenvalue weighted by atomic mass is 9.99. The predicted molar refractivity (Wildman–Crippen MR) is 96.4 cm³/mol. The number of Topliss-reactive ketones (excluding diaryl/α,β-unsaturated/α-hetero) is 1. The number of rotatable bonds is 4. The number of aryl methyl sites for hydroxylation is 1. The molecular formula is C21H17NO5. The number of nitrogens with zero attached hydrogens (tertiary/aromatic N) is 1. The van der Waals surface area contributed by atoms with Crippen molar-refractivity contribution in [1.29, 1.82) is 0 Å². The molecule has 1 aliphatic heterocycles. The van der Waals surface area contributed by atoms with Crippen LogP contribution in [0.1, 0.15) is 28.9 Å². The summed E-state index contributed by atoms with van der Waals surface area (Å²) in [6.07, 6.45) is 1.50. The van der Waals surface area contributed by atoms with E-state index in [1.165, 1.54) is 11.2 Å². The minimum absolute atomic E-state index is 0.00658. The highest BCUT2D eigenvalue weighted by Gasteiger charge is 2.47. The second-order valence-corrected chi connectivity index (χ2v) is 6.32. The van der Waals surface area contributed by atoms with E-state index < -0.39 is 17.7 Å². The molecule has 1 saturated heterocycles. The van der Waals surface area contributed by atoms with Crippen molar-refractivity contribution in [3.8, 4) is 0 Å². The molecule has 0 aliphatic carbocycles. The molecule has 1 N–H and O–H groups in total. The van der Waals surface area contributed by atoms with Crippen LogP contribution in [0.15, 0.2) is 75.3 Å². The molecule has 2 aromatic heterocycles. The zero-order chi connectivity index (χ0) is 19.0. The number of hydrogen-bond acceptors (Lipinski definition) is 5. The smallest absolute Gasteiger partial charge is 0.296 e. The molecule has 0 bridgehead atoms. The first-order valence-corrected chi connectivity index (χ1v) is 8.49. The van der Waals surface area contributed by atoms with Crippen molar-refractivity contribution in [2.75, 3.05) is 0 Å². The minimum Gasteiger partial charge on any atom is -0.507 e. The van der Waals surface area contributed by atoms with Crippen molar-refractivity contribution in [3.63, 3.8) is 0 Å². The highest BCUT2D eigenvalue weighted by molar-refractivity contribution is 6.46. The van der Waals surface area contributed by atoms with Crippen molar-refractivity contribution >= 4 is 17.4 Å². The van der Waals surface area contributed by atoms with Gasteiger partial charge < -0.3 is 18.8 Å². The van der Waals surface area contributed by atoms with E-state index >= 15 is 0 Å². The van der Waals surface area contributed by atoms with Crippen LogP contribution < -0.4 is 0 Å². The topological polar surface area (TPSA) is 83.9 Å². The zero-order valence-electron chi connectivity index (χ0n) is 14.6. The summed E-state index contributed by atoms with van der Waals surface area (Å²) in [6, 6.07) is 14.7. The Kier molecular flexibility index (Phi) is 4.16. The number of aliphatic hydroxyl groups excluding tert-OH is 1. The normalized spacial score (nSPS) is 19.0. The summed E-state index contributed by atoms with van der Waals surface area (Å²) in [7, 11) is 0. The summed E-state index contributed by atoms with van der Waals surface area (Å²) >= 11 is 0. The summed E-state index contributed by atoms with van der Waals surface area (Å²) < 4.78 is 11.0. The molecule has 0 radical (unpaired) electrons. The maximum Gasteiger partial charge on any atom is 0.296 e. The third kappa shape index (κ3) is 2.95. The van der Waals surface area contributed by atoms with Gasteiger partial charge in [0.25, 0.3) is 11.7 Å². The summed E-state index contributed by atoms with van der Waals surface area (Å²) in [4.78, 5) is 26.8. The first kappa shape index (κ1) is 16.9. The van der Waals surface area contributed by atoms with Gasteiger partial charge in [-0.1, -0.05) is 30.3 Å². The third-order valence-electron chi connectivity index (χ3n) is 4.52. The van der Waals surface area contributed by atoms with Gasteiger partial charge in [-0.05, 0) is 31.2 Å². The lowest BCUT2D eigenvalue weighted by Crippen LogP contribution is -2.28. The summed E-state index contributed by atoms with van der Waals surface area (Å²) in [5.74, 6) is -0.0891. The molecule has 1 aromatic carbocycles. The molecular weight excluding hydrogens is 346 g/mol. The molecule has 1 unspecified atom stereocenters. The monoisotopic (exact) mass is 363 g/mol. The zero-order valence-corrected chi connectivity index (χ0v) is 14.6. The van der Waals surface area contributed by atoms with E-state index in [1.54, 1.807) is 61.5 Å². The lowest BCUT2D eigenvalue weighted by molar-refractivity contribution is -0.140. The van der Waals surface area contributed by atoms with Gasteiger partial charge in [-0.15, -0.1) is 0 Å². The lowest BCUT2D eigenvalue weighted by Gasteiger charge is -2.22. The number of aliphatic hydroxyl groups is 1. The number of furan rings is 2. The average Bonchev–Trinajstić information content (AvgIpc) is 3.39. The molecule has 1 fully saturated rings. The van der Waals surface area contributed by atoms with Crippen LogP contribution in [-0.4, -0.2) is 21.7 Å². The van der Waals surface area contributed by atoms with Gasteiger partial charge in [-0.3, -0.25) is 9.59 Å². The highest BCUT2D eigenvalue weighted by Crippen LogP contribution is 2.40. The Bertz CT molecular complexity index is 1010. The van der Waals surface area contributed by atoms with E-state index in [0.29, 0.717) is 22.8 Å². The molecule has 1 aliphatic rings. The van der Waals surface area contributed by atoms with Crippen LogP contribution in [-0.2, 0) is 16.1 Å². The fourth-order valence-electron chi connectivity index (χ4n) is 3.26. The van der Waals surface area contributed by atoms with Crippen LogP contribution in [0.3, 0.4) is 0 Å². The molecule has 1 atom stereocenters. The third-order valence-corrected chi connectivity index (χ3v) is 4.52. The van der Waals surface area contributed by atoms with Crippen LogP contribution in [0.4, 0.5) is 0 Å². The maximum atomic E-state index is 12.8. The molecule has 136 valence electrons. The molecule has 0 saturated carbocycles. The average molecular weight is 363 g/mol. The SMILES string of the molecule is Cc1ccc(C2/C(=C(\O)c3ccccc3)C(=O)C(=O)N2Cc2ccco2)o1. The van der Waals surface area contributed by atoms with Crippen molar-refractivity contribution in [3.05, 3.63) is 89.3 Å². The largest absolute Gasteiger partial charge is 0.507 e. The maximum absolute atomic E-state index is 12.8. The van der Waals surface area contributed by atoms with Crippen LogP contribution >= 0.6 is 0 Å². The standard InChI is InChI=1S/C21H17NO5/c1-13-9-10-16(27-13)18-17(19(23)14-6-3-2-4-7-14)20(24)21(25)22(18)12-15-8-5-11-26-15/h2-11,18,23H,12H2,1H3/b19-17+. The Balaban J connectivity index is 1.86. The van der Waals surface area contributed by atoms with Crippen LogP contribution in [0.2, 0.25) is 0 Å². The molecule has 6 heteroatoms. The van der Waals surface area contributed by atoms with E-state index in [0.717, 1.165) is 0 Å². The first-order chi connectivity index (χ1) is 13.1. The van der Waals surface area contributed by atoms with Crippen LogP contribution in [0.5, 0.6) is 0 Å². The second kappa shape index (κ2) is 6.64. The van der Waals surface area contributed by atoms with Crippen LogP contribution in [0, 0.1) is 6.92 Å². The fourth-order valence-corrected chi connectivity index (χ4v) is 3.26. The van der Waals surface area contributed by atoms with E-state index in [9.17, 15) is 14.7 Å². The van der Waals surface area contributed by atoms with E-state index in [-0.39, 0.29) is 17.9 Å². The van der Waals surface area contributed by atoms with Crippen molar-refractivity contribution in [2.24, 2.45) is 0 Å². The second-order valence-electron chi connectivity index (χ2n) is 6.32. The summed E-state index contributed by atoms with van der Waals surface area (Å²) in [5.41, 5.74) is 0.467. The van der Waals surface area contributed by atoms with Gasteiger partial charge in [0.05, 0.1) is 18.4 Å². The predicted octanol–water partition coefficient (Wildman–Crippen LogP) is 3.80. The quantitative estimate of drug-likeness (QED) is 0.433. The van der Waals surface area contributed by atoms with E-state index in [4.69, 9.17) is 8.83 Å². The molecule has 6 nitrogen and oxygen atoms in total. The molecule has 27 heavy (non-hydrogen) atoms. The number of carbonyl (C=O) groups is 2. The van der Waals surface area contributed by atoms with Gasteiger partial charge in [0.2, 0.25) is 0 Å². The summed E-state index contributed by atoms with van der Waals surface area (Å²) in [5, 5.41) is 10.8. The number of likely N-dealkylation sites (tertiary alicyclic amines) is 1. The Morgan fingerprint density at radius 2 is 1.85 bits per heavy atom. The van der Waals surface area contributed by atoms with Crippen molar-refractivity contribution in [2.45, 2.75) is 19.5 Å². The van der Waals surface area contributed by atoms with Crippen molar-refractivity contribution < 1.29 is 23.5 Å². The number of hydrogen-bond donors (Lipinski definition) is 1. The number of ketones is 1. The fraction of sp³-hybridized carbons (Fsp3) is 0.143. The molecule has 3 aromatic rings. The summed E-state index contributed by atoms with van der Waals surface area (Å²) in [6.45, 7) is 1.87. The van der Waals surface area contributed by atoms with E-state index in [1.807, 2.05) is 0 Å². The number of benzene rings is 1. The Labute approximate surface area is 155 Å². The van der Waals surface area contributed by atoms with Gasteiger partial charge in [0.15, 0.2) is 0 Å². The van der Waals surface area contributed by atoms with Gasteiger partial charge in [0, 0.05) is 5.56 Å². The molecule has 3 heterocycles. The Hall–Kier alpha value is -3.54. The van der Waals surface area contributed by atoms with Gasteiger partial charge in [-0.25, -0.2) is 0 Å². The number of carbonyl (C=O) groups excluding carboxylic acids is 2. The Morgan fingerprint density at radius 3 is 2.48 bits per heavy atom. The molecule has 4 rings (SSSR count). The highest BCUT2D eigenvalue weighted by atomic mass is 16.3. The first-order valence-electron chi connectivity index (χ1n) is 8.49.